The molecule has 1 heterocycles. The van der Waals surface area contributed by atoms with Gasteiger partial charge in [-0.05, 0) is 19.9 Å². The van der Waals surface area contributed by atoms with Gasteiger partial charge in [0.15, 0.2) is 0 Å². The molecule has 18 heavy (non-hydrogen) atoms. The Morgan fingerprint density at radius 1 is 1.39 bits per heavy atom. The molecular formula is C11H16N4O3. The molecule has 1 aromatic heterocycles. The minimum absolute atomic E-state index is 0.0132. The highest BCUT2D eigenvalue weighted by Gasteiger charge is 2.29. The van der Waals surface area contributed by atoms with Gasteiger partial charge >= 0.3 is 5.97 Å². The number of carboxylic acid groups (broad SMARTS) is 1. The van der Waals surface area contributed by atoms with E-state index in [2.05, 4.69) is 15.3 Å². The standard InChI is InChI=1S/C11H16N4O3/c1-11(2,9(17)18)14-8(16)7-15(3)10-12-5-4-6-13-10/h4-6H,7H2,1-3H3,(H,14,16)(H,17,18). The van der Waals surface area contributed by atoms with Crippen molar-refractivity contribution in [3.05, 3.63) is 18.5 Å². The first-order valence-electron chi connectivity index (χ1n) is 5.35. The summed E-state index contributed by atoms with van der Waals surface area (Å²) in [7, 11) is 1.66. The molecule has 1 amide bonds. The van der Waals surface area contributed by atoms with Crippen LogP contribution in [0.15, 0.2) is 18.5 Å². The van der Waals surface area contributed by atoms with E-state index in [9.17, 15) is 9.59 Å². The molecule has 0 spiro atoms. The first-order chi connectivity index (χ1) is 8.33. The molecule has 0 radical (unpaired) electrons. The second-order valence-electron chi connectivity index (χ2n) is 4.38. The van der Waals surface area contributed by atoms with Crippen LogP contribution in [0.2, 0.25) is 0 Å². The zero-order valence-electron chi connectivity index (χ0n) is 10.5. The molecule has 1 rings (SSSR count). The van der Waals surface area contributed by atoms with Gasteiger partial charge in [0.25, 0.3) is 0 Å². The van der Waals surface area contributed by atoms with Gasteiger partial charge in [-0.25, -0.2) is 14.8 Å². The highest BCUT2D eigenvalue weighted by molar-refractivity contribution is 5.88. The zero-order chi connectivity index (χ0) is 13.8. The number of aliphatic carboxylic acids is 1. The SMILES string of the molecule is CN(CC(=O)NC(C)(C)C(=O)O)c1ncccn1. The molecular weight excluding hydrogens is 236 g/mol. The van der Waals surface area contributed by atoms with E-state index < -0.39 is 17.4 Å². The third-order valence-corrected chi connectivity index (χ3v) is 2.26. The Morgan fingerprint density at radius 2 is 1.94 bits per heavy atom. The predicted molar refractivity (Wildman–Crippen MR) is 65.2 cm³/mol. The van der Waals surface area contributed by atoms with Crippen molar-refractivity contribution in [3.8, 4) is 0 Å². The van der Waals surface area contributed by atoms with Crippen LogP contribution in [0.1, 0.15) is 13.8 Å². The number of rotatable bonds is 5. The maximum Gasteiger partial charge on any atom is 0.328 e. The van der Waals surface area contributed by atoms with Crippen molar-refractivity contribution >= 4 is 17.8 Å². The Bertz CT molecular complexity index is 433. The van der Waals surface area contributed by atoms with Crippen LogP contribution in [0.25, 0.3) is 0 Å². The van der Waals surface area contributed by atoms with E-state index in [1.807, 2.05) is 0 Å². The summed E-state index contributed by atoms with van der Waals surface area (Å²) < 4.78 is 0. The molecule has 98 valence electrons. The van der Waals surface area contributed by atoms with Crippen LogP contribution in [0.5, 0.6) is 0 Å². The molecule has 0 aliphatic heterocycles. The van der Waals surface area contributed by atoms with Crippen LogP contribution < -0.4 is 10.2 Å². The smallest absolute Gasteiger partial charge is 0.328 e. The number of nitrogens with one attached hydrogen (secondary N) is 1. The lowest BCUT2D eigenvalue weighted by atomic mass is 10.1. The van der Waals surface area contributed by atoms with Gasteiger partial charge in [0, 0.05) is 19.4 Å². The summed E-state index contributed by atoms with van der Waals surface area (Å²) in [6, 6.07) is 1.67. The molecule has 0 aliphatic carbocycles. The maximum atomic E-state index is 11.7. The van der Waals surface area contributed by atoms with Crippen molar-refractivity contribution in [2.75, 3.05) is 18.5 Å². The Labute approximate surface area is 105 Å². The number of carbonyl (C=O) groups is 2. The van der Waals surface area contributed by atoms with Crippen molar-refractivity contribution in [2.24, 2.45) is 0 Å². The summed E-state index contributed by atoms with van der Waals surface area (Å²) in [5, 5.41) is 11.3. The number of carboxylic acids is 1. The van der Waals surface area contributed by atoms with Crippen LogP contribution in [0, 0.1) is 0 Å². The first-order valence-corrected chi connectivity index (χ1v) is 5.35. The van der Waals surface area contributed by atoms with E-state index >= 15 is 0 Å². The summed E-state index contributed by atoms with van der Waals surface area (Å²) in [6.07, 6.45) is 3.13. The van der Waals surface area contributed by atoms with E-state index in [-0.39, 0.29) is 6.54 Å². The van der Waals surface area contributed by atoms with Crippen LogP contribution in [0.4, 0.5) is 5.95 Å². The molecule has 0 aliphatic rings. The lowest BCUT2D eigenvalue weighted by Gasteiger charge is -2.23. The Balaban J connectivity index is 2.58. The van der Waals surface area contributed by atoms with E-state index in [0.29, 0.717) is 5.95 Å². The molecule has 0 saturated heterocycles. The van der Waals surface area contributed by atoms with Gasteiger partial charge in [-0.3, -0.25) is 4.79 Å². The molecule has 1 aromatic rings. The molecule has 0 unspecified atom stereocenters. The van der Waals surface area contributed by atoms with Gasteiger partial charge in [-0.1, -0.05) is 0 Å². The van der Waals surface area contributed by atoms with Crippen LogP contribution in [-0.4, -0.2) is 46.1 Å². The fourth-order valence-corrected chi connectivity index (χ4v) is 1.22. The second-order valence-corrected chi connectivity index (χ2v) is 4.38. The van der Waals surface area contributed by atoms with Crippen LogP contribution >= 0.6 is 0 Å². The monoisotopic (exact) mass is 252 g/mol. The van der Waals surface area contributed by atoms with Crippen molar-refractivity contribution in [1.29, 1.82) is 0 Å². The zero-order valence-corrected chi connectivity index (χ0v) is 10.5. The number of anilines is 1. The van der Waals surface area contributed by atoms with Gasteiger partial charge in [0.05, 0.1) is 6.54 Å². The lowest BCUT2D eigenvalue weighted by molar-refractivity contribution is -0.145. The summed E-state index contributed by atoms with van der Waals surface area (Å²) in [5.74, 6) is -1.09. The Kier molecular flexibility index (Phi) is 4.19. The van der Waals surface area contributed by atoms with Gasteiger partial charge in [0.1, 0.15) is 5.54 Å². The molecule has 7 nitrogen and oxygen atoms in total. The van der Waals surface area contributed by atoms with E-state index in [0.717, 1.165) is 0 Å². The van der Waals surface area contributed by atoms with Crippen molar-refractivity contribution < 1.29 is 14.7 Å². The van der Waals surface area contributed by atoms with Crippen LogP contribution in [0.3, 0.4) is 0 Å². The number of carbonyl (C=O) groups excluding carboxylic acids is 1. The van der Waals surface area contributed by atoms with Crippen molar-refractivity contribution in [2.45, 2.75) is 19.4 Å². The molecule has 7 heteroatoms. The fourth-order valence-electron chi connectivity index (χ4n) is 1.22. The van der Waals surface area contributed by atoms with Gasteiger partial charge in [0.2, 0.25) is 11.9 Å². The maximum absolute atomic E-state index is 11.7. The van der Waals surface area contributed by atoms with E-state index in [1.165, 1.54) is 18.7 Å². The third-order valence-electron chi connectivity index (χ3n) is 2.26. The summed E-state index contributed by atoms with van der Waals surface area (Å²) in [6.45, 7) is 2.83. The Morgan fingerprint density at radius 3 is 2.44 bits per heavy atom. The van der Waals surface area contributed by atoms with Crippen molar-refractivity contribution in [1.82, 2.24) is 15.3 Å². The first kappa shape index (κ1) is 13.9. The number of likely N-dealkylation sites (N-methyl/N-ethyl adjacent to an activating group) is 1. The second kappa shape index (κ2) is 5.44. The number of aromatic nitrogens is 2. The molecule has 0 bridgehead atoms. The van der Waals surface area contributed by atoms with E-state index in [1.54, 1.807) is 25.5 Å². The predicted octanol–water partition coefficient (Wildman–Crippen LogP) is -0.108. The average molecular weight is 252 g/mol. The minimum Gasteiger partial charge on any atom is -0.480 e. The third kappa shape index (κ3) is 3.69. The largest absolute Gasteiger partial charge is 0.480 e. The normalized spacial score (nSPS) is 10.8. The topological polar surface area (TPSA) is 95.4 Å². The fraction of sp³-hybridized carbons (Fsp3) is 0.455. The molecule has 0 aromatic carbocycles. The number of hydrogen-bond acceptors (Lipinski definition) is 5. The molecule has 0 saturated carbocycles. The number of amides is 1. The Hall–Kier alpha value is -2.18. The van der Waals surface area contributed by atoms with Gasteiger partial charge in [-0.15, -0.1) is 0 Å². The van der Waals surface area contributed by atoms with Crippen molar-refractivity contribution in [3.63, 3.8) is 0 Å². The summed E-state index contributed by atoms with van der Waals surface area (Å²) in [5.41, 5.74) is -1.30. The van der Waals surface area contributed by atoms with Gasteiger partial charge < -0.3 is 15.3 Å². The average Bonchev–Trinajstić information content (AvgIpc) is 2.29. The number of nitrogens with zero attached hydrogens (tertiary/aromatic N) is 3. The molecule has 0 atom stereocenters. The molecule has 0 fully saturated rings. The van der Waals surface area contributed by atoms with Crippen LogP contribution in [-0.2, 0) is 9.59 Å². The quantitative estimate of drug-likeness (QED) is 0.759. The minimum atomic E-state index is -1.30. The van der Waals surface area contributed by atoms with E-state index in [4.69, 9.17) is 5.11 Å². The molecule has 2 N–H and O–H groups in total. The summed E-state index contributed by atoms with van der Waals surface area (Å²) in [4.78, 5) is 32.0. The lowest BCUT2D eigenvalue weighted by Crippen LogP contribution is -2.52. The highest BCUT2D eigenvalue weighted by Crippen LogP contribution is 2.04. The summed E-state index contributed by atoms with van der Waals surface area (Å²) >= 11 is 0. The number of hydrogen-bond donors (Lipinski definition) is 2. The highest BCUT2D eigenvalue weighted by atomic mass is 16.4. The van der Waals surface area contributed by atoms with Gasteiger partial charge in [-0.2, -0.15) is 0 Å².